The summed E-state index contributed by atoms with van der Waals surface area (Å²) in [6.07, 6.45) is 2.64. The van der Waals surface area contributed by atoms with E-state index < -0.39 is 5.97 Å². The fourth-order valence-corrected chi connectivity index (χ4v) is 1.39. The molecule has 0 spiro atoms. The third-order valence-corrected chi connectivity index (χ3v) is 2.43. The van der Waals surface area contributed by atoms with E-state index in [1.54, 1.807) is 6.92 Å². The maximum absolute atomic E-state index is 10.5. The normalized spacial score (nSPS) is 17.5. The van der Waals surface area contributed by atoms with Crippen LogP contribution < -0.4 is 10.6 Å². The van der Waals surface area contributed by atoms with Gasteiger partial charge in [0.1, 0.15) is 0 Å². The second kappa shape index (κ2) is 6.27. The molecule has 0 aliphatic carbocycles. The van der Waals surface area contributed by atoms with E-state index in [-0.39, 0.29) is 5.92 Å². The van der Waals surface area contributed by atoms with Gasteiger partial charge in [0.05, 0.1) is 5.92 Å². The molecule has 1 heterocycles. The standard InChI is InChI=1S/C10H19N3O2/c1-8(9(14)15)4-2-5-11-10-12-6-3-7-13-10/h8H,2-7H2,1H3,(H,14,15)(H2,11,12,13)/t8-/m0/s1. The van der Waals surface area contributed by atoms with E-state index in [4.69, 9.17) is 5.11 Å². The fourth-order valence-electron chi connectivity index (χ4n) is 1.39. The molecule has 0 aromatic rings. The minimum Gasteiger partial charge on any atom is -0.481 e. The van der Waals surface area contributed by atoms with Crippen LogP contribution in [-0.4, -0.2) is 36.7 Å². The van der Waals surface area contributed by atoms with Crippen molar-refractivity contribution in [1.82, 2.24) is 10.6 Å². The lowest BCUT2D eigenvalue weighted by molar-refractivity contribution is -0.141. The van der Waals surface area contributed by atoms with Crippen molar-refractivity contribution in [3.8, 4) is 0 Å². The zero-order chi connectivity index (χ0) is 11.1. The number of carboxylic acid groups (broad SMARTS) is 1. The largest absolute Gasteiger partial charge is 0.481 e. The molecule has 1 atom stereocenters. The lowest BCUT2D eigenvalue weighted by atomic mass is 10.1. The van der Waals surface area contributed by atoms with Gasteiger partial charge in [-0.05, 0) is 19.3 Å². The summed E-state index contributed by atoms with van der Waals surface area (Å²) < 4.78 is 0. The first kappa shape index (κ1) is 11.8. The Hall–Kier alpha value is -1.26. The second-order valence-corrected chi connectivity index (χ2v) is 3.82. The monoisotopic (exact) mass is 213 g/mol. The van der Waals surface area contributed by atoms with Crippen molar-refractivity contribution < 1.29 is 9.90 Å². The topological polar surface area (TPSA) is 73.7 Å². The van der Waals surface area contributed by atoms with Gasteiger partial charge in [-0.3, -0.25) is 9.79 Å². The Bertz CT molecular complexity index is 241. The molecule has 1 aliphatic heterocycles. The van der Waals surface area contributed by atoms with Crippen LogP contribution in [0.1, 0.15) is 26.2 Å². The van der Waals surface area contributed by atoms with Gasteiger partial charge >= 0.3 is 5.97 Å². The van der Waals surface area contributed by atoms with Crippen LogP contribution in [0.5, 0.6) is 0 Å². The molecule has 0 fully saturated rings. The van der Waals surface area contributed by atoms with E-state index in [1.165, 1.54) is 0 Å². The van der Waals surface area contributed by atoms with Crippen LogP contribution in [0.25, 0.3) is 0 Å². The lowest BCUT2D eigenvalue weighted by Gasteiger charge is -2.16. The van der Waals surface area contributed by atoms with Crippen molar-refractivity contribution in [2.75, 3.05) is 19.6 Å². The number of nitrogens with zero attached hydrogens (tertiary/aromatic N) is 1. The van der Waals surface area contributed by atoms with E-state index in [2.05, 4.69) is 15.6 Å². The molecule has 0 aromatic heterocycles. The van der Waals surface area contributed by atoms with Gasteiger partial charge in [-0.1, -0.05) is 6.92 Å². The van der Waals surface area contributed by atoms with E-state index >= 15 is 0 Å². The summed E-state index contributed by atoms with van der Waals surface area (Å²) >= 11 is 0. The molecular formula is C10H19N3O2. The number of carboxylic acids is 1. The third kappa shape index (κ3) is 4.67. The molecule has 0 saturated heterocycles. The first-order valence-electron chi connectivity index (χ1n) is 5.45. The minimum atomic E-state index is -0.719. The molecule has 15 heavy (non-hydrogen) atoms. The first-order chi connectivity index (χ1) is 7.20. The van der Waals surface area contributed by atoms with Crippen LogP contribution in [-0.2, 0) is 4.79 Å². The van der Waals surface area contributed by atoms with Crippen LogP contribution in [0.4, 0.5) is 0 Å². The Kier molecular flexibility index (Phi) is 4.93. The Balaban J connectivity index is 2.06. The molecule has 5 heteroatoms. The average Bonchev–Trinajstić information content (AvgIpc) is 2.25. The molecule has 3 N–H and O–H groups in total. The average molecular weight is 213 g/mol. The first-order valence-corrected chi connectivity index (χ1v) is 5.45. The van der Waals surface area contributed by atoms with Crippen LogP contribution in [0.3, 0.4) is 0 Å². The van der Waals surface area contributed by atoms with Crippen LogP contribution in [0, 0.1) is 5.92 Å². The summed E-state index contributed by atoms with van der Waals surface area (Å²) in [7, 11) is 0. The predicted octanol–water partition coefficient (Wildman–Crippen LogP) is 0.426. The Morgan fingerprint density at radius 2 is 2.53 bits per heavy atom. The molecule has 0 unspecified atom stereocenters. The number of hydrogen-bond donors (Lipinski definition) is 3. The molecule has 1 aliphatic rings. The van der Waals surface area contributed by atoms with Crippen LogP contribution in [0.2, 0.25) is 0 Å². The van der Waals surface area contributed by atoms with Gasteiger partial charge in [-0.15, -0.1) is 0 Å². The van der Waals surface area contributed by atoms with Gasteiger partial charge in [0, 0.05) is 19.6 Å². The van der Waals surface area contributed by atoms with Crippen molar-refractivity contribution in [2.45, 2.75) is 26.2 Å². The number of aliphatic carboxylic acids is 1. The molecule has 1 rings (SSSR count). The van der Waals surface area contributed by atoms with Gasteiger partial charge in [0.2, 0.25) is 0 Å². The van der Waals surface area contributed by atoms with Crippen molar-refractivity contribution in [1.29, 1.82) is 0 Å². The molecule has 0 aromatic carbocycles. The molecule has 0 amide bonds. The third-order valence-electron chi connectivity index (χ3n) is 2.43. The molecule has 0 saturated carbocycles. The number of hydrogen-bond acceptors (Lipinski definition) is 4. The van der Waals surface area contributed by atoms with Crippen LogP contribution >= 0.6 is 0 Å². The second-order valence-electron chi connectivity index (χ2n) is 3.82. The molecule has 0 radical (unpaired) electrons. The number of aliphatic imine (C=N–C) groups is 1. The highest BCUT2D eigenvalue weighted by Gasteiger charge is 2.10. The Morgan fingerprint density at radius 1 is 1.73 bits per heavy atom. The van der Waals surface area contributed by atoms with Crippen molar-refractivity contribution >= 4 is 11.9 Å². The Morgan fingerprint density at radius 3 is 3.13 bits per heavy atom. The Labute approximate surface area is 90.0 Å². The van der Waals surface area contributed by atoms with Crippen molar-refractivity contribution in [3.63, 3.8) is 0 Å². The van der Waals surface area contributed by atoms with E-state index in [0.717, 1.165) is 38.4 Å². The maximum atomic E-state index is 10.5. The molecule has 86 valence electrons. The number of nitrogens with one attached hydrogen (secondary N) is 2. The lowest BCUT2D eigenvalue weighted by Crippen LogP contribution is -2.41. The van der Waals surface area contributed by atoms with E-state index in [9.17, 15) is 4.79 Å². The van der Waals surface area contributed by atoms with Crippen LogP contribution in [0.15, 0.2) is 4.99 Å². The zero-order valence-electron chi connectivity index (χ0n) is 9.12. The summed E-state index contributed by atoms with van der Waals surface area (Å²) in [6.45, 7) is 4.36. The van der Waals surface area contributed by atoms with Gasteiger partial charge in [-0.2, -0.15) is 0 Å². The summed E-state index contributed by atoms with van der Waals surface area (Å²) in [4.78, 5) is 14.8. The van der Waals surface area contributed by atoms with Gasteiger partial charge in [0.25, 0.3) is 0 Å². The van der Waals surface area contributed by atoms with Crippen molar-refractivity contribution in [3.05, 3.63) is 0 Å². The van der Waals surface area contributed by atoms with E-state index in [1.807, 2.05) is 0 Å². The summed E-state index contributed by atoms with van der Waals surface area (Å²) in [5.74, 6) is -0.125. The maximum Gasteiger partial charge on any atom is 0.306 e. The van der Waals surface area contributed by atoms with Gasteiger partial charge in [-0.25, -0.2) is 0 Å². The zero-order valence-corrected chi connectivity index (χ0v) is 9.12. The SMILES string of the molecule is C[C@@H](CCCNC1=NCCCN1)C(=O)O. The molecule has 5 nitrogen and oxygen atoms in total. The van der Waals surface area contributed by atoms with Crippen molar-refractivity contribution in [2.24, 2.45) is 10.9 Å². The number of rotatable bonds is 5. The van der Waals surface area contributed by atoms with Gasteiger partial charge in [0.15, 0.2) is 5.96 Å². The summed E-state index contributed by atoms with van der Waals surface area (Å²) in [5.41, 5.74) is 0. The highest BCUT2D eigenvalue weighted by Crippen LogP contribution is 2.04. The fraction of sp³-hybridized carbons (Fsp3) is 0.800. The molecular weight excluding hydrogens is 194 g/mol. The number of guanidine groups is 1. The molecule has 0 bridgehead atoms. The highest BCUT2D eigenvalue weighted by atomic mass is 16.4. The summed E-state index contributed by atoms with van der Waals surface area (Å²) in [6, 6.07) is 0. The quantitative estimate of drug-likeness (QED) is 0.579. The predicted molar refractivity (Wildman–Crippen MR) is 59.0 cm³/mol. The van der Waals surface area contributed by atoms with E-state index in [0.29, 0.717) is 6.42 Å². The minimum absolute atomic E-state index is 0.256. The number of carbonyl (C=O) groups is 1. The smallest absolute Gasteiger partial charge is 0.306 e. The van der Waals surface area contributed by atoms with Gasteiger partial charge < -0.3 is 15.7 Å². The highest BCUT2D eigenvalue weighted by molar-refractivity contribution is 5.80. The summed E-state index contributed by atoms with van der Waals surface area (Å²) in [5, 5.41) is 15.0.